The highest BCUT2D eigenvalue weighted by Crippen LogP contribution is 2.51. The molecule has 13 nitrogen and oxygen atoms in total. The van der Waals surface area contributed by atoms with Crippen LogP contribution in [0.2, 0.25) is 0 Å². The summed E-state index contributed by atoms with van der Waals surface area (Å²) in [6, 6.07) is 0.815. The summed E-state index contributed by atoms with van der Waals surface area (Å²) < 4.78 is 5.24. The zero-order chi connectivity index (χ0) is 33.5. The molecule has 2 amide bonds. The predicted octanol–water partition coefficient (Wildman–Crippen LogP) is 1.11. The third kappa shape index (κ3) is 6.40. The van der Waals surface area contributed by atoms with E-state index in [4.69, 9.17) is 10.5 Å². The van der Waals surface area contributed by atoms with Gasteiger partial charge >= 0.3 is 6.09 Å². The second kappa shape index (κ2) is 12.7. The molecule has 7 N–H and O–H groups in total. The molecule has 1 unspecified atom stereocenters. The lowest BCUT2D eigenvalue weighted by Gasteiger charge is -2.48. The predicted molar refractivity (Wildman–Crippen MR) is 163 cm³/mol. The van der Waals surface area contributed by atoms with Gasteiger partial charge in [-0.2, -0.15) is 0 Å². The number of anilines is 1. The molecule has 1 fully saturated rings. The number of primary amides is 1. The summed E-state index contributed by atoms with van der Waals surface area (Å²) in [5.41, 5.74) is 3.37. The van der Waals surface area contributed by atoms with Crippen molar-refractivity contribution in [1.29, 1.82) is 0 Å². The van der Waals surface area contributed by atoms with Crippen LogP contribution in [0.4, 0.5) is 10.5 Å². The SMILES string of the molecule is CC(C(N)=O)C(=O)[C@@]1(O)C(=O)C2=C(O)c3c(O)c(CNC(=O)OCC(C)(C)C)cc(N(C)C)c3C[C@H]2C[C@H]1[C@@H](CO)N(C)C. The number of fused-ring (bicyclic) bond motifs is 2. The normalized spacial score (nSPS) is 23.0. The summed E-state index contributed by atoms with van der Waals surface area (Å²) in [6.07, 6.45) is -0.551. The molecular formula is C31H46N4O9. The molecule has 3 rings (SSSR count). The van der Waals surface area contributed by atoms with Gasteiger partial charge in [0.1, 0.15) is 11.5 Å². The maximum absolute atomic E-state index is 14.2. The van der Waals surface area contributed by atoms with Gasteiger partial charge in [-0.3, -0.25) is 14.4 Å². The molecule has 13 heteroatoms. The molecular weight excluding hydrogens is 572 g/mol. The van der Waals surface area contributed by atoms with Gasteiger partial charge < -0.3 is 46.0 Å². The van der Waals surface area contributed by atoms with E-state index in [1.54, 1.807) is 44.1 Å². The molecule has 0 aromatic heterocycles. The molecule has 44 heavy (non-hydrogen) atoms. The average Bonchev–Trinajstić information content (AvgIpc) is 2.92. The fourth-order valence-electron chi connectivity index (χ4n) is 6.11. The highest BCUT2D eigenvalue weighted by molar-refractivity contribution is 6.24. The molecule has 0 bridgehead atoms. The van der Waals surface area contributed by atoms with Crippen LogP contribution >= 0.6 is 0 Å². The van der Waals surface area contributed by atoms with Crippen molar-refractivity contribution >= 4 is 35.0 Å². The molecule has 0 heterocycles. The van der Waals surface area contributed by atoms with E-state index in [2.05, 4.69) is 5.32 Å². The number of ketones is 2. The number of alkyl carbamates (subject to hydrolysis) is 1. The molecule has 1 aromatic rings. The quantitative estimate of drug-likeness (QED) is 0.205. The maximum Gasteiger partial charge on any atom is 0.407 e. The Balaban J connectivity index is 2.17. The van der Waals surface area contributed by atoms with E-state index in [1.807, 2.05) is 20.8 Å². The number of hydrogen-bond acceptors (Lipinski definition) is 11. The van der Waals surface area contributed by atoms with E-state index in [1.165, 1.54) is 6.92 Å². The Bertz CT molecular complexity index is 1360. The Kier molecular flexibility index (Phi) is 10.1. The third-order valence-corrected chi connectivity index (χ3v) is 8.53. The summed E-state index contributed by atoms with van der Waals surface area (Å²) in [6.45, 7) is 6.41. The van der Waals surface area contributed by atoms with Crippen molar-refractivity contribution in [3.8, 4) is 5.75 Å². The molecule has 244 valence electrons. The zero-order valence-corrected chi connectivity index (χ0v) is 26.7. The lowest BCUT2D eigenvalue weighted by Crippen LogP contribution is -2.65. The number of carbonyl (C=O) groups excluding carboxylic acids is 4. The molecule has 1 saturated carbocycles. The van der Waals surface area contributed by atoms with Crippen LogP contribution in [-0.2, 0) is 32.1 Å². The van der Waals surface area contributed by atoms with Gasteiger partial charge in [-0.05, 0) is 56.8 Å². The van der Waals surface area contributed by atoms with Crippen LogP contribution in [0.15, 0.2) is 11.6 Å². The van der Waals surface area contributed by atoms with Crippen molar-refractivity contribution in [2.75, 3.05) is 46.3 Å². The number of hydrogen-bond donors (Lipinski definition) is 6. The summed E-state index contributed by atoms with van der Waals surface area (Å²) in [5, 5.41) is 47.8. The minimum atomic E-state index is -2.79. The number of aliphatic hydroxyl groups is 3. The number of aliphatic hydroxyl groups excluding tert-OH is 2. The topological polar surface area (TPSA) is 203 Å². The first-order valence-electron chi connectivity index (χ1n) is 14.5. The number of benzene rings is 1. The van der Waals surface area contributed by atoms with Gasteiger partial charge in [0.15, 0.2) is 11.4 Å². The van der Waals surface area contributed by atoms with Crippen LogP contribution in [0.1, 0.15) is 50.8 Å². The minimum absolute atomic E-state index is 0.00173. The average molecular weight is 619 g/mol. The van der Waals surface area contributed by atoms with Crippen LogP contribution in [0.3, 0.4) is 0 Å². The van der Waals surface area contributed by atoms with Crippen molar-refractivity contribution < 1.29 is 44.3 Å². The first kappa shape index (κ1) is 34.8. The largest absolute Gasteiger partial charge is 0.507 e. The fourth-order valence-corrected chi connectivity index (χ4v) is 6.11. The van der Waals surface area contributed by atoms with Gasteiger partial charge in [0.25, 0.3) is 0 Å². The van der Waals surface area contributed by atoms with Crippen molar-refractivity contribution in [1.82, 2.24) is 10.2 Å². The van der Waals surface area contributed by atoms with Crippen LogP contribution < -0.4 is 16.0 Å². The van der Waals surface area contributed by atoms with Gasteiger partial charge in [0.05, 0.1) is 24.7 Å². The third-order valence-electron chi connectivity index (χ3n) is 8.53. The molecule has 0 saturated heterocycles. The van der Waals surface area contributed by atoms with E-state index in [0.29, 0.717) is 11.3 Å². The number of amides is 2. The number of phenols is 1. The van der Waals surface area contributed by atoms with Crippen LogP contribution in [-0.4, -0.2) is 102 Å². The molecule has 5 atom stereocenters. The number of likely N-dealkylation sites (N-methyl/N-ethyl adjacent to an activating group) is 1. The number of nitrogens with two attached hydrogens (primary N) is 1. The van der Waals surface area contributed by atoms with E-state index >= 15 is 0 Å². The number of nitrogens with zero attached hydrogens (tertiary/aromatic N) is 2. The molecule has 0 spiro atoms. The van der Waals surface area contributed by atoms with Crippen LogP contribution in [0.5, 0.6) is 5.75 Å². The Morgan fingerprint density at radius 3 is 2.30 bits per heavy atom. The van der Waals surface area contributed by atoms with E-state index in [-0.39, 0.29) is 53.9 Å². The number of phenolic OH excluding ortho intramolecular Hbond substituents is 1. The number of ether oxygens (including phenoxy) is 1. The monoisotopic (exact) mass is 618 g/mol. The van der Waals surface area contributed by atoms with E-state index in [0.717, 1.165) is 0 Å². The summed E-state index contributed by atoms with van der Waals surface area (Å²) in [4.78, 5) is 55.5. The number of carbonyl (C=O) groups is 4. The van der Waals surface area contributed by atoms with Gasteiger partial charge in [-0.25, -0.2) is 4.79 Å². The lowest BCUT2D eigenvalue weighted by atomic mass is 9.59. The van der Waals surface area contributed by atoms with Crippen molar-refractivity contribution in [3.05, 3.63) is 28.3 Å². The number of rotatable bonds is 10. The first-order chi connectivity index (χ1) is 20.3. The minimum Gasteiger partial charge on any atom is -0.507 e. The van der Waals surface area contributed by atoms with Crippen molar-refractivity contribution in [2.24, 2.45) is 28.9 Å². The Hall–Kier alpha value is -3.68. The second-order valence-corrected chi connectivity index (χ2v) is 13.4. The lowest BCUT2D eigenvalue weighted by molar-refractivity contribution is -0.166. The molecule has 1 aromatic carbocycles. The van der Waals surface area contributed by atoms with Crippen molar-refractivity contribution in [3.63, 3.8) is 0 Å². The zero-order valence-electron chi connectivity index (χ0n) is 26.7. The summed E-state index contributed by atoms with van der Waals surface area (Å²) in [5.74, 6) is -7.65. The standard InChI is InChI=1S/C31H46N4O9/c1-15(28(32)41)26(39)31(43)19(21(13-36)35(7)8)10-16-9-18-20(34(5)6)11-17(12-33-29(42)44-14-30(2,3)4)24(37)23(18)25(38)22(16)27(31)40/h11,15-16,19,21,36-38,43H,9-10,12-14H2,1-8H3,(H2,32,41)(H,33,42)/t15?,16-,19-,21+,31+/m0/s1. The van der Waals surface area contributed by atoms with Crippen LogP contribution in [0, 0.1) is 23.2 Å². The summed E-state index contributed by atoms with van der Waals surface area (Å²) >= 11 is 0. The first-order valence-corrected chi connectivity index (χ1v) is 14.5. The number of aromatic hydroxyl groups is 1. The number of nitrogens with one attached hydrogen (secondary N) is 1. The molecule has 2 aliphatic rings. The van der Waals surface area contributed by atoms with Gasteiger partial charge in [0, 0.05) is 49.4 Å². The Morgan fingerprint density at radius 1 is 1.18 bits per heavy atom. The summed E-state index contributed by atoms with van der Waals surface area (Å²) in [7, 11) is 6.79. The van der Waals surface area contributed by atoms with Gasteiger partial charge in [-0.1, -0.05) is 20.8 Å². The molecule has 0 radical (unpaired) electrons. The highest BCUT2D eigenvalue weighted by atomic mass is 16.5. The van der Waals surface area contributed by atoms with Crippen molar-refractivity contribution in [2.45, 2.75) is 58.7 Å². The Labute approximate surface area is 257 Å². The van der Waals surface area contributed by atoms with Crippen LogP contribution in [0.25, 0.3) is 5.76 Å². The molecule has 0 aliphatic heterocycles. The molecule has 2 aliphatic carbocycles. The maximum atomic E-state index is 14.2. The number of Topliss-reactive ketones (excluding diaryl/α,β-unsaturated/α-hetero) is 2. The smallest absolute Gasteiger partial charge is 0.407 e. The van der Waals surface area contributed by atoms with Gasteiger partial charge in [0.2, 0.25) is 11.7 Å². The van der Waals surface area contributed by atoms with E-state index < -0.39 is 65.3 Å². The second-order valence-electron chi connectivity index (χ2n) is 13.4. The fraction of sp³-hybridized carbons (Fsp3) is 0.613. The highest BCUT2D eigenvalue weighted by Gasteiger charge is 2.61. The van der Waals surface area contributed by atoms with E-state index in [9.17, 15) is 39.6 Å². The Morgan fingerprint density at radius 2 is 1.80 bits per heavy atom. The van der Waals surface area contributed by atoms with Gasteiger partial charge in [-0.15, -0.1) is 0 Å².